The van der Waals surface area contributed by atoms with E-state index in [1.165, 1.54) is 6.07 Å². The van der Waals surface area contributed by atoms with Crippen LogP contribution in [-0.4, -0.2) is 29.3 Å². The Bertz CT molecular complexity index is 577. The van der Waals surface area contributed by atoms with Gasteiger partial charge in [-0.25, -0.2) is 4.39 Å². The molecule has 0 saturated heterocycles. The topological polar surface area (TPSA) is 49.4 Å². The Hall–Kier alpha value is -1.91. The highest BCUT2D eigenvalue weighted by Crippen LogP contribution is 2.29. The molecule has 0 aliphatic heterocycles. The minimum absolute atomic E-state index is 0.0371. The van der Waals surface area contributed by atoms with Gasteiger partial charge in [-0.3, -0.25) is 9.59 Å². The summed E-state index contributed by atoms with van der Waals surface area (Å²) in [6.45, 7) is 6.11. The molecule has 1 aliphatic carbocycles. The highest BCUT2D eigenvalue weighted by Gasteiger charge is 2.32. The fraction of sp³-hybridized carbons (Fsp3) is 0.556. The summed E-state index contributed by atoms with van der Waals surface area (Å²) in [5.41, 5.74) is 0.0679. The van der Waals surface area contributed by atoms with E-state index in [4.69, 9.17) is 0 Å². The smallest absolute Gasteiger partial charge is 0.225 e. The Labute approximate surface area is 137 Å². The van der Waals surface area contributed by atoms with E-state index >= 15 is 0 Å². The first kappa shape index (κ1) is 17.4. The second-order valence-corrected chi connectivity index (χ2v) is 7.10. The average Bonchev–Trinajstić information content (AvgIpc) is 3.29. The van der Waals surface area contributed by atoms with Crippen molar-refractivity contribution in [3.8, 4) is 0 Å². The second kappa shape index (κ2) is 7.11. The Morgan fingerprint density at radius 2 is 1.91 bits per heavy atom. The number of hydrogen-bond acceptors (Lipinski definition) is 2. The number of nitrogens with one attached hydrogen (secondary N) is 1. The Morgan fingerprint density at radius 1 is 1.26 bits per heavy atom. The monoisotopic (exact) mass is 320 g/mol. The highest BCUT2D eigenvalue weighted by atomic mass is 19.1. The van der Waals surface area contributed by atoms with Crippen molar-refractivity contribution in [1.29, 1.82) is 0 Å². The molecule has 0 atom stereocenters. The van der Waals surface area contributed by atoms with Gasteiger partial charge in [0, 0.05) is 36.5 Å². The third-order valence-corrected chi connectivity index (χ3v) is 3.91. The molecule has 2 amide bonds. The van der Waals surface area contributed by atoms with Gasteiger partial charge in [0.15, 0.2) is 0 Å². The van der Waals surface area contributed by atoms with E-state index in [0.717, 1.165) is 12.8 Å². The third-order valence-electron chi connectivity index (χ3n) is 3.91. The molecule has 0 unspecified atom stereocenters. The number of amides is 2. The van der Waals surface area contributed by atoms with E-state index in [9.17, 15) is 14.0 Å². The fourth-order valence-corrected chi connectivity index (χ4v) is 2.31. The van der Waals surface area contributed by atoms with Crippen LogP contribution in [0.3, 0.4) is 0 Å². The zero-order valence-electron chi connectivity index (χ0n) is 14.1. The van der Waals surface area contributed by atoms with Gasteiger partial charge < -0.3 is 10.2 Å². The summed E-state index contributed by atoms with van der Waals surface area (Å²) in [6, 6.07) is 6.75. The van der Waals surface area contributed by atoms with Crippen LogP contribution < -0.4 is 5.32 Å². The number of nitrogens with zero attached hydrogens (tertiary/aromatic N) is 1. The van der Waals surface area contributed by atoms with Crippen molar-refractivity contribution in [3.63, 3.8) is 0 Å². The quantitative estimate of drug-likeness (QED) is 0.876. The maximum atomic E-state index is 13.8. The maximum absolute atomic E-state index is 13.8. The predicted octanol–water partition coefficient (Wildman–Crippen LogP) is 2.87. The van der Waals surface area contributed by atoms with Gasteiger partial charge in [0.25, 0.3) is 0 Å². The highest BCUT2D eigenvalue weighted by molar-refractivity contribution is 5.82. The first-order chi connectivity index (χ1) is 10.8. The van der Waals surface area contributed by atoms with Crippen molar-refractivity contribution in [2.45, 2.75) is 52.6 Å². The van der Waals surface area contributed by atoms with Crippen molar-refractivity contribution in [2.24, 2.45) is 5.41 Å². The van der Waals surface area contributed by atoms with Crippen LogP contribution in [0.2, 0.25) is 0 Å². The van der Waals surface area contributed by atoms with Crippen LogP contribution in [0.15, 0.2) is 24.3 Å². The van der Waals surface area contributed by atoms with Crippen LogP contribution in [0.25, 0.3) is 0 Å². The van der Waals surface area contributed by atoms with Crippen molar-refractivity contribution in [2.75, 3.05) is 6.54 Å². The summed E-state index contributed by atoms with van der Waals surface area (Å²) in [5.74, 6) is -0.394. The normalized spacial score (nSPS) is 14.4. The first-order valence-corrected chi connectivity index (χ1v) is 8.10. The molecule has 0 aromatic heterocycles. The van der Waals surface area contributed by atoms with Gasteiger partial charge >= 0.3 is 0 Å². The molecule has 0 heterocycles. The number of benzene rings is 1. The molecular formula is C18H25FN2O2. The molecule has 1 aromatic rings. The maximum Gasteiger partial charge on any atom is 0.225 e. The van der Waals surface area contributed by atoms with Gasteiger partial charge in [0.1, 0.15) is 5.82 Å². The van der Waals surface area contributed by atoms with Crippen LogP contribution in [-0.2, 0) is 16.1 Å². The average molecular weight is 320 g/mol. The number of rotatable bonds is 6. The summed E-state index contributed by atoms with van der Waals surface area (Å²) >= 11 is 0. The van der Waals surface area contributed by atoms with Gasteiger partial charge in [0.05, 0.1) is 0 Å². The molecule has 126 valence electrons. The van der Waals surface area contributed by atoms with E-state index in [1.807, 2.05) is 20.8 Å². The molecule has 1 fully saturated rings. The lowest BCUT2D eigenvalue weighted by atomic mass is 9.96. The van der Waals surface area contributed by atoms with Gasteiger partial charge in [-0.15, -0.1) is 0 Å². The van der Waals surface area contributed by atoms with E-state index in [2.05, 4.69) is 5.32 Å². The predicted molar refractivity (Wildman–Crippen MR) is 87.1 cm³/mol. The fourth-order valence-electron chi connectivity index (χ4n) is 2.31. The van der Waals surface area contributed by atoms with Crippen LogP contribution >= 0.6 is 0 Å². The number of carbonyl (C=O) groups is 2. The molecule has 5 heteroatoms. The molecular weight excluding hydrogens is 295 g/mol. The van der Waals surface area contributed by atoms with Crippen molar-refractivity contribution < 1.29 is 14.0 Å². The molecule has 1 aliphatic rings. The lowest BCUT2D eigenvalue weighted by molar-refractivity contribution is -0.132. The lowest BCUT2D eigenvalue weighted by Gasteiger charge is -2.23. The molecule has 2 rings (SSSR count). The SMILES string of the molecule is CC(C)(C)C(=O)NCCC(=O)N(Cc1ccccc1F)C1CC1. The Morgan fingerprint density at radius 3 is 2.48 bits per heavy atom. The van der Waals surface area contributed by atoms with E-state index in [1.54, 1.807) is 23.1 Å². The van der Waals surface area contributed by atoms with Crippen LogP contribution in [0.4, 0.5) is 4.39 Å². The van der Waals surface area contributed by atoms with Gasteiger partial charge in [-0.2, -0.15) is 0 Å². The zero-order valence-corrected chi connectivity index (χ0v) is 14.1. The molecule has 0 spiro atoms. The van der Waals surface area contributed by atoms with Crippen molar-refractivity contribution in [1.82, 2.24) is 10.2 Å². The molecule has 1 saturated carbocycles. The summed E-state index contributed by atoms with van der Waals surface area (Å²) in [5, 5.41) is 2.78. The third kappa shape index (κ3) is 5.05. The first-order valence-electron chi connectivity index (χ1n) is 8.10. The number of carbonyl (C=O) groups excluding carboxylic acids is 2. The van der Waals surface area contributed by atoms with E-state index in [0.29, 0.717) is 18.7 Å². The van der Waals surface area contributed by atoms with E-state index in [-0.39, 0.29) is 30.1 Å². The zero-order chi connectivity index (χ0) is 17.0. The Balaban J connectivity index is 1.90. The van der Waals surface area contributed by atoms with E-state index < -0.39 is 5.41 Å². The van der Waals surface area contributed by atoms with Crippen molar-refractivity contribution >= 4 is 11.8 Å². The molecule has 1 aromatic carbocycles. The lowest BCUT2D eigenvalue weighted by Crippen LogP contribution is -2.39. The summed E-state index contributed by atoms with van der Waals surface area (Å²) in [6.07, 6.45) is 2.18. The standard InChI is InChI=1S/C18H25FN2O2/c1-18(2,3)17(23)20-11-10-16(22)21(14-8-9-14)12-13-6-4-5-7-15(13)19/h4-7,14H,8-12H2,1-3H3,(H,20,23). The second-order valence-electron chi connectivity index (χ2n) is 7.10. The molecule has 23 heavy (non-hydrogen) atoms. The largest absolute Gasteiger partial charge is 0.355 e. The minimum Gasteiger partial charge on any atom is -0.355 e. The van der Waals surface area contributed by atoms with Crippen molar-refractivity contribution in [3.05, 3.63) is 35.6 Å². The Kier molecular flexibility index (Phi) is 5.39. The van der Waals surface area contributed by atoms with Crippen LogP contribution in [0, 0.1) is 11.2 Å². The van der Waals surface area contributed by atoms with Crippen LogP contribution in [0.5, 0.6) is 0 Å². The molecule has 1 N–H and O–H groups in total. The number of hydrogen-bond donors (Lipinski definition) is 1. The summed E-state index contributed by atoms with van der Waals surface area (Å²) in [4.78, 5) is 26.0. The molecule has 0 bridgehead atoms. The van der Waals surface area contributed by atoms with Crippen LogP contribution in [0.1, 0.15) is 45.6 Å². The van der Waals surface area contributed by atoms with Gasteiger partial charge in [0.2, 0.25) is 11.8 Å². The molecule has 4 nitrogen and oxygen atoms in total. The molecule has 0 radical (unpaired) electrons. The van der Waals surface area contributed by atoms with Gasteiger partial charge in [-0.05, 0) is 18.9 Å². The summed E-state index contributed by atoms with van der Waals surface area (Å²) < 4.78 is 13.8. The summed E-state index contributed by atoms with van der Waals surface area (Å²) in [7, 11) is 0. The van der Waals surface area contributed by atoms with Gasteiger partial charge in [-0.1, -0.05) is 39.0 Å². The number of halogens is 1. The minimum atomic E-state index is -0.466.